The van der Waals surface area contributed by atoms with E-state index in [0.717, 1.165) is 22.6 Å². The summed E-state index contributed by atoms with van der Waals surface area (Å²) in [7, 11) is 1.72. The van der Waals surface area contributed by atoms with Crippen LogP contribution in [0.25, 0.3) is 11.1 Å². The molecule has 1 aromatic heterocycles. The van der Waals surface area contributed by atoms with E-state index in [0.29, 0.717) is 31.3 Å². The second-order valence-corrected chi connectivity index (χ2v) is 7.33. The molecule has 1 aliphatic carbocycles. The number of aryl methyl sites for hydroxylation is 1. The van der Waals surface area contributed by atoms with Crippen LogP contribution >= 0.6 is 0 Å². The molecule has 0 saturated heterocycles. The molecule has 1 N–H and O–H groups in total. The lowest BCUT2D eigenvalue weighted by Crippen LogP contribution is -2.23. The molecule has 2 heterocycles. The van der Waals surface area contributed by atoms with Crippen LogP contribution in [0.3, 0.4) is 0 Å². The van der Waals surface area contributed by atoms with Gasteiger partial charge in [0.05, 0.1) is 5.52 Å². The molecule has 0 unspecified atom stereocenters. The van der Waals surface area contributed by atoms with Crippen molar-refractivity contribution in [2.75, 3.05) is 13.2 Å². The van der Waals surface area contributed by atoms with Gasteiger partial charge in [0.15, 0.2) is 17.1 Å². The van der Waals surface area contributed by atoms with E-state index in [9.17, 15) is 4.79 Å². The summed E-state index contributed by atoms with van der Waals surface area (Å²) < 4.78 is 18.2. The maximum atomic E-state index is 11.7. The van der Waals surface area contributed by atoms with Crippen molar-refractivity contribution in [3.8, 4) is 11.5 Å². The molecule has 0 radical (unpaired) electrons. The molecular weight excluding hydrogens is 344 g/mol. The first kappa shape index (κ1) is 16.4. The molecule has 27 heavy (non-hydrogen) atoms. The van der Waals surface area contributed by atoms with Crippen LogP contribution < -0.4 is 20.5 Å². The van der Waals surface area contributed by atoms with Gasteiger partial charge in [0.25, 0.3) is 0 Å². The van der Waals surface area contributed by atoms with E-state index in [1.54, 1.807) is 7.05 Å². The van der Waals surface area contributed by atoms with Crippen LogP contribution in [0.1, 0.15) is 30.0 Å². The highest BCUT2D eigenvalue weighted by atomic mass is 16.6. The van der Waals surface area contributed by atoms with Crippen LogP contribution in [-0.4, -0.2) is 17.8 Å². The van der Waals surface area contributed by atoms with Crippen molar-refractivity contribution in [3.05, 3.63) is 58.1 Å². The SMILES string of the molecule is Cn1c(=O)oc2cc(CN[C@@H](c3ccc4c(c3)OCCO4)C3CC3)ccc21. The summed E-state index contributed by atoms with van der Waals surface area (Å²) in [4.78, 5) is 11.7. The second-order valence-electron chi connectivity index (χ2n) is 7.33. The standard InChI is InChI=1S/C21H22N2O4/c1-23-16-6-2-13(10-18(16)27-21(23)24)12-22-20(14-3-4-14)15-5-7-17-19(11-15)26-9-8-25-17/h2,5-7,10-11,14,20,22H,3-4,8-9,12H2,1H3/t20-/m1/s1. The molecule has 140 valence electrons. The molecule has 6 heteroatoms. The van der Waals surface area contributed by atoms with Crippen LogP contribution in [0.4, 0.5) is 0 Å². The summed E-state index contributed by atoms with van der Waals surface area (Å²) >= 11 is 0. The number of nitrogens with zero attached hydrogens (tertiary/aromatic N) is 1. The lowest BCUT2D eigenvalue weighted by atomic mass is 10.0. The van der Waals surface area contributed by atoms with Gasteiger partial charge in [0, 0.05) is 19.6 Å². The number of benzene rings is 2. The van der Waals surface area contributed by atoms with E-state index in [1.807, 2.05) is 24.3 Å². The average molecular weight is 366 g/mol. The summed E-state index contributed by atoms with van der Waals surface area (Å²) in [6.07, 6.45) is 2.47. The monoisotopic (exact) mass is 366 g/mol. The van der Waals surface area contributed by atoms with Gasteiger partial charge in [-0.05, 0) is 54.2 Å². The maximum absolute atomic E-state index is 11.7. The molecular formula is C21H22N2O4. The minimum atomic E-state index is -0.331. The van der Waals surface area contributed by atoms with Gasteiger partial charge >= 0.3 is 5.76 Å². The number of oxazole rings is 1. The molecule has 1 aliphatic heterocycles. The highest BCUT2D eigenvalue weighted by Crippen LogP contribution is 2.43. The Morgan fingerprint density at radius 2 is 1.93 bits per heavy atom. The van der Waals surface area contributed by atoms with Crippen LogP contribution in [-0.2, 0) is 13.6 Å². The number of hydrogen-bond acceptors (Lipinski definition) is 5. The fraction of sp³-hybridized carbons (Fsp3) is 0.381. The zero-order valence-electron chi connectivity index (χ0n) is 15.2. The molecule has 0 bridgehead atoms. The lowest BCUT2D eigenvalue weighted by molar-refractivity contribution is 0.171. The summed E-state index contributed by atoms with van der Waals surface area (Å²) in [5.74, 6) is 1.97. The normalized spacial score (nSPS) is 17.2. The number of ether oxygens (including phenoxy) is 2. The third-order valence-corrected chi connectivity index (χ3v) is 5.40. The Bertz CT molecular complexity index is 1050. The van der Waals surface area contributed by atoms with E-state index in [4.69, 9.17) is 13.9 Å². The third-order valence-electron chi connectivity index (χ3n) is 5.40. The fourth-order valence-corrected chi connectivity index (χ4v) is 3.76. The lowest BCUT2D eigenvalue weighted by Gasteiger charge is -2.23. The van der Waals surface area contributed by atoms with Crippen LogP contribution in [0.2, 0.25) is 0 Å². The van der Waals surface area contributed by atoms with E-state index in [2.05, 4.69) is 17.4 Å². The Morgan fingerprint density at radius 3 is 2.74 bits per heavy atom. The smallest absolute Gasteiger partial charge is 0.419 e. The number of rotatable bonds is 5. The quantitative estimate of drug-likeness (QED) is 0.751. The highest BCUT2D eigenvalue weighted by Gasteiger charge is 2.32. The molecule has 2 aromatic carbocycles. The molecule has 0 spiro atoms. The number of hydrogen-bond donors (Lipinski definition) is 1. The predicted molar refractivity (Wildman–Crippen MR) is 101 cm³/mol. The van der Waals surface area contributed by atoms with Gasteiger partial charge in [-0.2, -0.15) is 0 Å². The van der Waals surface area contributed by atoms with Gasteiger partial charge in [-0.25, -0.2) is 4.79 Å². The Kier molecular flexibility index (Phi) is 3.93. The Morgan fingerprint density at radius 1 is 1.11 bits per heavy atom. The number of aromatic nitrogens is 1. The molecule has 2 aliphatic rings. The fourth-order valence-electron chi connectivity index (χ4n) is 3.76. The van der Waals surface area contributed by atoms with Gasteiger partial charge in [0.2, 0.25) is 0 Å². The van der Waals surface area contributed by atoms with Crippen molar-refractivity contribution in [1.29, 1.82) is 0 Å². The minimum Gasteiger partial charge on any atom is -0.486 e. The Labute approximate surface area is 156 Å². The first-order valence-corrected chi connectivity index (χ1v) is 9.40. The van der Waals surface area contributed by atoms with Gasteiger partial charge in [0.1, 0.15) is 13.2 Å². The zero-order valence-corrected chi connectivity index (χ0v) is 15.2. The molecule has 5 rings (SSSR count). The minimum absolute atomic E-state index is 0.277. The van der Waals surface area contributed by atoms with Crippen molar-refractivity contribution < 1.29 is 13.9 Å². The van der Waals surface area contributed by atoms with Crippen LogP contribution in [0.15, 0.2) is 45.6 Å². The van der Waals surface area contributed by atoms with Crippen molar-refractivity contribution >= 4 is 11.1 Å². The van der Waals surface area contributed by atoms with E-state index in [-0.39, 0.29) is 11.8 Å². The van der Waals surface area contributed by atoms with Gasteiger partial charge in [-0.15, -0.1) is 0 Å². The van der Waals surface area contributed by atoms with Gasteiger partial charge < -0.3 is 19.2 Å². The number of fused-ring (bicyclic) bond motifs is 2. The summed E-state index contributed by atoms with van der Waals surface area (Å²) in [5.41, 5.74) is 3.77. The van der Waals surface area contributed by atoms with E-state index in [1.165, 1.54) is 23.0 Å². The van der Waals surface area contributed by atoms with Crippen LogP contribution in [0.5, 0.6) is 11.5 Å². The Hall–Kier alpha value is -2.73. The van der Waals surface area contributed by atoms with Crippen molar-refractivity contribution in [2.45, 2.75) is 25.4 Å². The highest BCUT2D eigenvalue weighted by molar-refractivity contribution is 5.73. The molecule has 1 atom stereocenters. The average Bonchev–Trinajstić information content (AvgIpc) is 3.48. The summed E-state index contributed by atoms with van der Waals surface area (Å²) in [6.45, 7) is 1.92. The van der Waals surface area contributed by atoms with E-state index >= 15 is 0 Å². The molecule has 0 amide bonds. The van der Waals surface area contributed by atoms with Crippen LogP contribution in [0, 0.1) is 5.92 Å². The van der Waals surface area contributed by atoms with Crippen molar-refractivity contribution in [1.82, 2.24) is 9.88 Å². The number of nitrogens with one attached hydrogen (secondary N) is 1. The van der Waals surface area contributed by atoms with Crippen molar-refractivity contribution in [3.63, 3.8) is 0 Å². The first-order chi connectivity index (χ1) is 13.2. The molecule has 1 fully saturated rings. The second kappa shape index (κ2) is 6.46. The first-order valence-electron chi connectivity index (χ1n) is 9.40. The molecule has 6 nitrogen and oxygen atoms in total. The van der Waals surface area contributed by atoms with E-state index < -0.39 is 0 Å². The predicted octanol–water partition coefficient (Wildman–Crippen LogP) is 3.14. The zero-order chi connectivity index (χ0) is 18.4. The Balaban J connectivity index is 1.37. The third kappa shape index (κ3) is 3.10. The topological polar surface area (TPSA) is 65.6 Å². The van der Waals surface area contributed by atoms with Gasteiger partial charge in [-0.3, -0.25) is 4.57 Å². The maximum Gasteiger partial charge on any atom is 0.419 e. The summed E-state index contributed by atoms with van der Waals surface area (Å²) in [5, 5.41) is 3.68. The summed E-state index contributed by atoms with van der Waals surface area (Å²) in [6, 6.07) is 12.4. The van der Waals surface area contributed by atoms with Crippen molar-refractivity contribution in [2.24, 2.45) is 13.0 Å². The van der Waals surface area contributed by atoms with Gasteiger partial charge in [-0.1, -0.05) is 12.1 Å². The molecule has 1 saturated carbocycles. The molecule has 3 aromatic rings. The largest absolute Gasteiger partial charge is 0.486 e.